The SMILES string of the molecule is CN(c1cnc(C#N)cn1)C1CN(c2ccc3nncn3n2)C1. The maximum atomic E-state index is 8.76. The molecule has 9 heteroatoms. The van der Waals surface area contributed by atoms with Crippen molar-refractivity contribution in [3.8, 4) is 6.07 Å². The van der Waals surface area contributed by atoms with Crippen molar-refractivity contribution in [3.05, 3.63) is 36.5 Å². The van der Waals surface area contributed by atoms with Crippen molar-refractivity contribution in [2.24, 2.45) is 0 Å². The molecule has 114 valence electrons. The monoisotopic (exact) mass is 307 g/mol. The molecule has 4 heterocycles. The van der Waals surface area contributed by atoms with E-state index in [9.17, 15) is 0 Å². The summed E-state index contributed by atoms with van der Waals surface area (Å²) in [6.07, 6.45) is 4.71. The Bertz CT molecular complexity index is 873. The lowest BCUT2D eigenvalue weighted by molar-refractivity contribution is 0.486. The zero-order valence-electron chi connectivity index (χ0n) is 12.4. The van der Waals surface area contributed by atoms with Crippen LogP contribution in [0.2, 0.25) is 0 Å². The standard InChI is InChI=1S/C14H13N9/c1-21(14-6-16-10(4-15)5-17-14)11-7-22(8-11)13-3-2-12-19-18-9-23(12)20-13/h2-3,5-6,9,11H,7-8H2,1H3. The molecule has 0 saturated carbocycles. The maximum Gasteiger partial charge on any atom is 0.177 e. The number of hydrogen-bond donors (Lipinski definition) is 0. The van der Waals surface area contributed by atoms with Gasteiger partial charge in [0.25, 0.3) is 0 Å². The van der Waals surface area contributed by atoms with Crippen molar-refractivity contribution < 1.29 is 0 Å². The molecule has 1 aliphatic rings. The predicted molar refractivity (Wildman–Crippen MR) is 81.9 cm³/mol. The number of fused-ring (bicyclic) bond motifs is 1. The Labute approximate surface area is 131 Å². The Kier molecular flexibility index (Phi) is 3.01. The van der Waals surface area contributed by atoms with E-state index in [0.717, 1.165) is 30.4 Å². The lowest BCUT2D eigenvalue weighted by Gasteiger charge is -2.44. The molecule has 3 aromatic rings. The predicted octanol–water partition coefficient (Wildman–Crippen LogP) is 0.111. The Balaban J connectivity index is 1.44. The highest BCUT2D eigenvalue weighted by molar-refractivity contribution is 5.50. The third-order valence-electron chi connectivity index (χ3n) is 4.00. The third kappa shape index (κ3) is 2.30. The number of aromatic nitrogens is 6. The molecule has 0 amide bonds. The largest absolute Gasteiger partial charge is 0.352 e. The maximum absolute atomic E-state index is 8.76. The molecule has 0 unspecified atom stereocenters. The molecule has 23 heavy (non-hydrogen) atoms. The highest BCUT2D eigenvalue weighted by Crippen LogP contribution is 2.23. The first-order chi connectivity index (χ1) is 11.2. The average molecular weight is 307 g/mol. The molecule has 9 nitrogen and oxygen atoms in total. The van der Waals surface area contributed by atoms with Crippen LogP contribution in [0.25, 0.3) is 5.65 Å². The molecule has 0 aromatic carbocycles. The zero-order chi connectivity index (χ0) is 15.8. The first-order valence-corrected chi connectivity index (χ1v) is 7.11. The summed E-state index contributed by atoms with van der Waals surface area (Å²) in [5.41, 5.74) is 1.06. The van der Waals surface area contributed by atoms with Crippen molar-refractivity contribution in [1.29, 1.82) is 5.26 Å². The average Bonchev–Trinajstić information content (AvgIpc) is 3.01. The molecule has 1 fully saturated rings. The van der Waals surface area contributed by atoms with Gasteiger partial charge in [0, 0.05) is 20.1 Å². The van der Waals surface area contributed by atoms with Crippen LogP contribution in [-0.2, 0) is 0 Å². The van der Waals surface area contributed by atoms with Gasteiger partial charge in [0.15, 0.2) is 11.3 Å². The summed E-state index contributed by atoms with van der Waals surface area (Å²) in [5.74, 6) is 1.66. The van der Waals surface area contributed by atoms with Gasteiger partial charge in [-0.25, -0.2) is 9.97 Å². The van der Waals surface area contributed by atoms with Gasteiger partial charge in [-0.1, -0.05) is 0 Å². The number of nitriles is 1. The van der Waals surface area contributed by atoms with Crippen molar-refractivity contribution in [3.63, 3.8) is 0 Å². The quantitative estimate of drug-likeness (QED) is 0.672. The molecule has 0 radical (unpaired) electrons. The molecule has 4 rings (SSSR count). The second-order valence-electron chi connectivity index (χ2n) is 5.37. The van der Waals surface area contributed by atoms with E-state index in [1.807, 2.05) is 25.2 Å². The van der Waals surface area contributed by atoms with Crippen LogP contribution in [-0.4, -0.2) is 56.0 Å². The van der Waals surface area contributed by atoms with E-state index in [1.54, 1.807) is 17.0 Å². The van der Waals surface area contributed by atoms with Gasteiger partial charge in [0.1, 0.15) is 24.0 Å². The lowest BCUT2D eigenvalue weighted by atomic mass is 10.1. The van der Waals surface area contributed by atoms with E-state index in [1.165, 1.54) is 6.20 Å². The summed E-state index contributed by atoms with van der Waals surface area (Å²) in [6.45, 7) is 1.69. The minimum Gasteiger partial charge on any atom is -0.352 e. The topological polar surface area (TPSA) is 99.1 Å². The smallest absolute Gasteiger partial charge is 0.177 e. The van der Waals surface area contributed by atoms with Crippen LogP contribution in [0.1, 0.15) is 5.69 Å². The van der Waals surface area contributed by atoms with Crippen LogP contribution in [0.4, 0.5) is 11.6 Å². The van der Waals surface area contributed by atoms with Crippen molar-refractivity contribution in [1.82, 2.24) is 29.8 Å². The Morgan fingerprint density at radius 2 is 2.13 bits per heavy atom. The fourth-order valence-electron chi connectivity index (χ4n) is 2.52. The number of nitrogens with zero attached hydrogens (tertiary/aromatic N) is 9. The van der Waals surface area contributed by atoms with Gasteiger partial charge in [0.2, 0.25) is 0 Å². The first kappa shape index (κ1) is 13.4. The van der Waals surface area contributed by atoms with Crippen molar-refractivity contribution in [2.75, 3.05) is 29.9 Å². The minimum atomic E-state index is 0.323. The minimum absolute atomic E-state index is 0.323. The van der Waals surface area contributed by atoms with Gasteiger partial charge in [-0.3, -0.25) is 0 Å². The molecule has 1 saturated heterocycles. The van der Waals surface area contributed by atoms with E-state index < -0.39 is 0 Å². The van der Waals surface area contributed by atoms with Crippen LogP contribution >= 0.6 is 0 Å². The highest BCUT2D eigenvalue weighted by atomic mass is 15.4. The Morgan fingerprint density at radius 1 is 1.26 bits per heavy atom. The van der Waals surface area contributed by atoms with Gasteiger partial charge in [-0.15, -0.1) is 15.3 Å². The normalized spacial score (nSPS) is 14.5. The third-order valence-corrected chi connectivity index (χ3v) is 4.00. The van der Waals surface area contributed by atoms with Crippen LogP contribution in [0, 0.1) is 11.3 Å². The molecular formula is C14H13N9. The fraction of sp³-hybridized carbons (Fsp3) is 0.286. The van der Waals surface area contributed by atoms with Gasteiger partial charge < -0.3 is 9.80 Å². The summed E-state index contributed by atoms with van der Waals surface area (Å²) in [4.78, 5) is 12.6. The Hall–Kier alpha value is -3.28. The molecule has 1 aliphatic heterocycles. The number of anilines is 2. The van der Waals surface area contributed by atoms with E-state index in [-0.39, 0.29) is 0 Å². The lowest BCUT2D eigenvalue weighted by Crippen LogP contribution is -2.59. The van der Waals surface area contributed by atoms with Crippen LogP contribution in [0.3, 0.4) is 0 Å². The number of hydrogen-bond acceptors (Lipinski definition) is 8. The van der Waals surface area contributed by atoms with Crippen molar-refractivity contribution in [2.45, 2.75) is 6.04 Å². The second kappa shape index (κ2) is 5.17. The molecule has 0 aliphatic carbocycles. The molecule has 0 N–H and O–H groups in total. The van der Waals surface area contributed by atoms with Crippen molar-refractivity contribution >= 4 is 17.3 Å². The summed E-state index contributed by atoms with van der Waals surface area (Å²) >= 11 is 0. The molecule has 3 aromatic heterocycles. The molecule has 0 spiro atoms. The molecule has 0 atom stereocenters. The first-order valence-electron chi connectivity index (χ1n) is 7.11. The van der Waals surface area contributed by atoms with E-state index in [0.29, 0.717) is 11.7 Å². The second-order valence-corrected chi connectivity index (χ2v) is 5.37. The van der Waals surface area contributed by atoms with Gasteiger partial charge in [-0.05, 0) is 12.1 Å². The Morgan fingerprint density at radius 3 is 2.87 bits per heavy atom. The van der Waals surface area contributed by atoms with E-state index in [4.69, 9.17) is 5.26 Å². The van der Waals surface area contributed by atoms with Crippen LogP contribution < -0.4 is 9.80 Å². The van der Waals surface area contributed by atoms with Crippen LogP contribution in [0.5, 0.6) is 0 Å². The fourth-order valence-corrected chi connectivity index (χ4v) is 2.52. The van der Waals surface area contributed by atoms with Gasteiger partial charge in [0.05, 0.1) is 18.4 Å². The number of likely N-dealkylation sites (N-methyl/N-ethyl adjacent to an activating group) is 1. The number of rotatable bonds is 3. The zero-order valence-corrected chi connectivity index (χ0v) is 12.4. The summed E-state index contributed by atoms with van der Waals surface area (Å²) in [7, 11) is 1.98. The van der Waals surface area contributed by atoms with Crippen LogP contribution in [0.15, 0.2) is 30.9 Å². The molecular weight excluding hydrogens is 294 g/mol. The summed E-state index contributed by atoms with van der Waals surface area (Å²) in [5, 5.41) is 21.0. The van der Waals surface area contributed by atoms with Gasteiger partial charge >= 0.3 is 0 Å². The van der Waals surface area contributed by atoms with Gasteiger partial charge in [-0.2, -0.15) is 9.78 Å². The van der Waals surface area contributed by atoms with E-state index >= 15 is 0 Å². The molecule has 0 bridgehead atoms. The summed E-state index contributed by atoms with van der Waals surface area (Å²) < 4.78 is 1.67. The highest BCUT2D eigenvalue weighted by Gasteiger charge is 2.32. The summed E-state index contributed by atoms with van der Waals surface area (Å²) in [6, 6.07) is 6.15. The van der Waals surface area contributed by atoms with E-state index in [2.05, 4.69) is 35.1 Å².